The minimum atomic E-state index is -0.833. The van der Waals surface area contributed by atoms with E-state index in [4.69, 9.17) is 4.74 Å². The lowest BCUT2D eigenvalue weighted by Crippen LogP contribution is -2.54. The molecule has 0 spiro atoms. The largest absolute Gasteiger partial charge is 0.383 e. The van der Waals surface area contributed by atoms with E-state index in [9.17, 15) is 18.8 Å². The summed E-state index contributed by atoms with van der Waals surface area (Å²) in [5, 5.41) is 5.49. The van der Waals surface area contributed by atoms with Gasteiger partial charge >= 0.3 is 0 Å². The Bertz CT molecular complexity index is 946. The van der Waals surface area contributed by atoms with Crippen LogP contribution in [0.5, 0.6) is 0 Å². The van der Waals surface area contributed by atoms with E-state index in [1.807, 2.05) is 30.3 Å². The number of ether oxygens (including phenoxy) is 1. The van der Waals surface area contributed by atoms with Crippen LogP contribution >= 0.6 is 0 Å². The van der Waals surface area contributed by atoms with Crippen LogP contribution in [-0.4, -0.2) is 62.0 Å². The molecule has 33 heavy (non-hydrogen) atoms. The fourth-order valence-corrected chi connectivity index (χ4v) is 4.01. The monoisotopic (exact) mass is 455 g/mol. The molecular weight excluding hydrogens is 425 g/mol. The van der Waals surface area contributed by atoms with Gasteiger partial charge in [0.2, 0.25) is 11.8 Å². The lowest BCUT2D eigenvalue weighted by Gasteiger charge is -2.36. The molecule has 1 aliphatic rings. The molecule has 0 aromatic heterocycles. The number of methoxy groups -OCH3 is 1. The molecule has 2 N–H and O–H groups in total. The van der Waals surface area contributed by atoms with Gasteiger partial charge in [-0.25, -0.2) is 4.39 Å². The second-order valence-corrected chi connectivity index (χ2v) is 8.10. The number of halogens is 1. The Morgan fingerprint density at radius 1 is 1.06 bits per heavy atom. The van der Waals surface area contributed by atoms with Gasteiger partial charge in [-0.2, -0.15) is 0 Å². The van der Waals surface area contributed by atoms with Gasteiger partial charge in [0.25, 0.3) is 5.91 Å². The highest BCUT2D eigenvalue weighted by Gasteiger charge is 2.34. The first-order valence-corrected chi connectivity index (χ1v) is 11.1. The number of carbonyl (C=O) groups is 3. The average molecular weight is 456 g/mol. The number of likely N-dealkylation sites (tertiary alicyclic amines) is 1. The number of nitrogens with zero attached hydrogens (tertiary/aromatic N) is 1. The van der Waals surface area contributed by atoms with Gasteiger partial charge in [-0.05, 0) is 36.5 Å². The predicted molar refractivity (Wildman–Crippen MR) is 122 cm³/mol. The highest BCUT2D eigenvalue weighted by atomic mass is 19.1. The smallest absolute Gasteiger partial charge is 0.254 e. The third-order valence-electron chi connectivity index (χ3n) is 5.85. The van der Waals surface area contributed by atoms with Crippen molar-refractivity contribution in [2.75, 3.05) is 33.4 Å². The molecule has 1 fully saturated rings. The Kier molecular flexibility index (Phi) is 8.95. The van der Waals surface area contributed by atoms with Gasteiger partial charge in [0.15, 0.2) is 0 Å². The van der Waals surface area contributed by atoms with Crippen LogP contribution in [0.4, 0.5) is 4.39 Å². The molecule has 3 amide bonds. The zero-order valence-electron chi connectivity index (χ0n) is 18.8. The molecule has 0 bridgehead atoms. The van der Waals surface area contributed by atoms with Crippen molar-refractivity contribution in [1.29, 1.82) is 0 Å². The molecule has 0 aliphatic carbocycles. The number of hydrogen-bond donors (Lipinski definition) is 2. The quantitative estimate of drug-likeness (QED) is 0.568. The van der Waals surface area contributed by atoms with Crippen LogP contribution in [0.15, 0.2) is 54.6 Å². The molecule has 3 rings (SSSR count). The fourth-order valence-electron chi connectivity index (χ4n) is 4.01. The van der Waals surface area contributed by atoms with Crippen LogP contribution in [0, 0.1) is 11.7 Å². The maximum atomic E-state index is 14.1. The molecule has 176 valence electrons. The second-order valence-electron chi connectivity index (χ2n) is 8.10. The maximum Gasteiger partial charge on any atom is 0.254 e. The molecule has 0 saturated carbocycles. The second kappa shape index (κ2) is 12.1. The maximum absolute atomic E-state index is 14.1. The van der Waals surface area contributed by atoms with Crippen LogP contribution in [0.25, 0.3) is 0 Å². The molecule has 0 radical (unpaired) electrons. The number of amides is 3. The van der Waals surface area contributed by atoms with Gasteiger partial charge in [-0.15, -0.1) is 0 Å². The van der Waals surface area contributed by atoms with E-state index in [2.05, 4.69) is 10.6 Å². The Morgan fingerprint density at radius 2 is 1.73 bits per heavy atom. The fraction of sp³-hybridized carbons (Fsp3) is 0.400. The third-order valence-corrected chi connectivity index (χ3v) is 5.85. The Balaban J connectivity index is 1.64. The summed E-state index contributed by atoms with van der Waals surface area (Å²) in [4.78, 5) is 40.0. The average Bonchev–Trinajstić information content (AvgIpc) is 2.83. The van der Waals surface area contributed by atoms with Crippen molar-refractivity contribution in [3.63, 3.8) is 0 Å². The predicted octanol–water partition coefficient (Wildman–Crippen LogP) is 2.17. The molecule has 1 heterocycles. The van der Waals surface area contributed by atoms with E-state index in [0.29, 0.717) is 45.5 Å². The Morgan fingerprint density at radius 3 is 2.39 bits per heavy atom. The molecule has 7 nitrogen and oxygen atoms in total. The first-order chi connectivity index (χ1) is 16.0. The lowest BCUT2D eigenvalue weighted by molar-refractivity contribution is -0.132. The topological polar surface area (TPSA) is 87.7 Å². The van der Waals surface area contributed by atoms with Gasteiger partial charge < -0.3 is 20.3 Å². The Labute approximate surface area is 193 Å². The molecule has 1 atom stereocenters. The molecule has 0 unspecified atom stereocenters. The lowest BCUT2D eigenvalue weighted by atomic mass is 9.88. The zero-order valence-corrected chi connectivity index (χ0v) is 18.8. The normalized spacial score (nSPS) is 15.0. The molecule has 8 heteroatoms. The van der Waals surface area contributed by atoms with E-state index >= 15 is 0 Å². The van der Waals surface area contributed by atoms with Crippen LogP contribution in [0.1, 0.15) is 28.8 Å². The summed E-state index contributed by atoms with van der Waals surface area (Å²) in [5.74, 6) is -1.76. The van der Waals surface area contributed by atoms with E-state index in [0.717, 1.165) is 5.56 Å². The van der Waals surface area contributed by atoms with Crippen LogP contribution in [0.3, 0.4) is 0 Å². The first kappa shape index (κ1) is 24.4. The van der Waals surface area contributed by atoms with Crippen molar-refractivity contribution in [3.05, 3.63) is 71.5 Å². The number of nitrogens with one attached hydrogen (secondary N) is 2. The number of carbonyl (C=O) groups excluding carboxylic acids is 3. The molecule has 1 aliphatic heterocycles. The molecule has 2 aromatic carbocycles. The zero-order chi connectivity index (χ0) is 23.6. The van der Waals surface area contributed by atoms with Crippen LogP contribution in [-0.2, 0) is 20.7 Å². The van der Waals surface area contributed by atoms with E-state index in [1.54, 1.807) is 11.0 Å². The summed E-state index contributed by atoms with van der Waals surface area (Å²) in [6.07, 6.45) is 1.44. The summed E-state index contributed by atoms with van der Waals surface area (Å²) in [7, 11) is 1.53. The van der Waals surface area contributed by atoms with Gasteiger partial charge in [-0.1, -0.05) is 42.5 Å². The Hall–Kier alpha value is -3.26. The summed E-state index contributed by atoms with van der Waals surface area (Å²) >= 11 is 0. The highest BCUT2D eigenvalue weighted by molar-refractivity contribution is 5.97. The standard InChI is InChI=1S/C25H30FN3O4/c1-33-16-13-27-25(32)23(28-24(31)20-9-5-6-10-21(20)26)19-11-14-29(15-12-19)22(30)17-18-7-3-2-4-8-18/h2-10,19,23H,11-17H2,1H3,(H,27,32)(H,28,31)/t23-/m0/s1. The van der Waals surface area contributed by atoms with Gasteiger partial charge in [0.05, 0.1) is 18.6 Å². The number of benzene rings is 2. The summed E-state index contributed by atoms with van der Waals surface area (Å²) in [6.45, 7) is 1.63. The molecule has 1 saturated heterocycles. The van der Waals surface area contributed by atoms with Crippen molar-refractivity contribution < 1.29 is 23.5 Å². The van der Waals surface area contributed by atoms with Crippen LogP contribution in [0.2, 0.25) is 0 Å². The van der Waals surface area contributed by atoms with Gasteiger partial charge in [-0.3, -0.25) is 14.4 Å². The van der Waals surface area contributed by atoms with Crippen molar-refractivity contribution in [1.82, 2.24) is 15.5 Å². The van der Waals surface area contributed by atoms with Crippen molar-refractivity contribution in [2.45, 2.75) is 25.3 Å². The minimum Gasteiger partial charge on any atom is -0.383 e. The summed E-state index contributed by atoms with van der Waals surface area (Å²) in [5.41, 5.74) is 0.847. The van der Waals surface area contributed by atoms with E-state index in [-0.39, 0.29) is 23.3 Å². The highest BCUT2D eigenvalue weighted by Crippen LogP contribution is 2.22. The van der Waals surface area contributed by atoms with Crippen molar-refractivity contribution in [2.24, 2.45) is 5.92 Å². The van der Waals surface area contributed by atoms with Crippen molar-refractivity contribution in [3.8, 4) is 0 Å². The first-order valence-electron chi connectivity index (χ1n) is 11.1. The molecular formula is C25H30FN3O4. The molecule has 2 aromatic rings. The number of piperidine rings is 1. The SMILES string of the molecule is COCCNC(=O)[C@@H](NC(=O)c1ccccc1F)C1CCN(C(=O)Cc2ccccc2)CC1. The van der Waals surface area contributed by atoms with Gasteiger partial charge in [0.1, 0.15) is 11.9 Å². The van der Waals surface area contributed by atoms with Crippen molar-refractivity contribution >= 4 is 17.7 Å². The van der Waals surface area contributed by atoms with Crippen LogP contribution < -0.4 is 10.6 Å². The number of rotatable bonds is 9. The third kappa shape index (κ3) is 6.86. The van der Waals surface area contributed by atoms with E-state index < -0.39 is 17.8 Å². The summed E-state index contributed by atoms with van der Waals surface area (Å²) < 4.78 is 19.1. The summed E-state index contributed by atoms with van der Waals surface area (Å²) in [6, 6.07) is 14.4. The minimum absolute atomic E-state index is 0.0381. The van der Waals surface area contributed by atoms with Gasteiger partial charge in [0, 0.05) is 26.7 Å². The van der Waals surface area contributed by atoms with E-state index in [1.165, 1.54) is 25.3 Å². The number of hydrogen-bond acceptors (Lipinski definition) is 4.